The predicted molar refractivity (Wildman–Crippen MR) is 68.3 cm³/mol. The number of rotatable bonds is 4. The topological polar surface area (TPSA) is 62.6 Å². The van der Waals surface area contributed by atoms with E-state index in [9.17, 15) is 14.5 Å². The Hall–Kier alpha value is -0.685. The van der Waals surface area contributed by atoms with Crippen LogP contribution in [0, 0.1) is 5.95 Å². The fraction of sp³-hybridized carbons (Fsp3) is 0.545. The van der Waals surface area contributed by atoms with E-state index in [-0.39, 0.29) is 10.5 Å². The van der Waals surface area contributed by atoms with Crippen molar-refractivity contribution in [1.29, 1.82) is 0 Å². The molecule has 0 atom stereocenters. The second-order valence-electron chi connectivity index (χ2n) is 5.08. The summed E-state index contributed by atoms with van der Waals surface area (Å²) in [6.07, 6.45) is 1.13. The molecule has 2 N–H and O–H groups in total. The van der Waals surface area contributed by atoms with Crippen molar-refractivity contribution < 1.29 is 19.2 Å². The van der Waals surface area contributed by atoms with Gasteiger partial charge in [0.05, 0.1) is 16.2 Å². The number of aliphatic hydroxyl groups is 1. The highest BCUT2D eigenvalue weighted by Gasteiger charge is 2.39. The van der Waals surface area contributed by atoms with Gasteiger partial charge in [0.2, 0.25) is 5.95 Å². The first-order chi connectivity index (χ1) is 8.04. The average Bonchev–Trinajstić information content (AvgIpc) is 2.19. The van der Waals surface area contributed by atoms with Crippen molar-refractivity contribution in [3.63, 3.8) is 0 Å². The third kappa shape index (κ3) is 3.41. The van der Waals surface area contributed by atoms with E-state index < -0.39 is 24.3 Å². The first-order valence-electron chi connectivity index (χ1n) is 5.44. The first-order valence-corrected chi connectivity index (χ1v) is 5.81. The highest BCUT2D eigenvalue weighted by molar-refractivity contribution is 6.60. The lowest BCUT2D eigenvalue weighted by Crippen LogP contribution is -2.53. The maximum atomic E-state index is 12.9. The van der Waals surface area contributed by atoms with Crippen molar-refractivity contribution in [2.24, 2.45) is 0 Å². The van der Waals surface area contributed by atoms with Crippen LogP contribution < -0.4 is 5.46 Å². The molecule has 0 spiro atoms. The second-order valence-corrected chi connectivity index (χ2v) is 5.49. The summed E-state index contributed by atoms with van der Waals surface area (Å²) in [6.45, 7) is 6.40. The van der Waals surface area contributed by atoms with Crippen LogP contribution in [-0.4, -0.2) is 33.4 Å². The molecule has 0 radical (unpaired) electrons. The summed E-state index contributed by atoms with van der Waals surface area (Å²) >= 11 is 5.57. The third-order valence-corrected chi connectivity index (χ3v) is 3.25. The van der Waals surface area contributed by atoms with E-state index in [0.29, 0.717) is 0 Å². The number of pyridine rings is 1. The molecule has 0 saturated carbocycles. The van der Waals surface area contributed by atoms with E-state index in [1.165, 1.54) is 6.07 Å². The zero-order chi connectivity index (χ0) is 14.1. The normalized spacial score (nSPS) is 12.7. The van der Waals surface area contributed by atoms with Crippen molar-refractivity contribution in [2.75, 3.05) is 0 Å². The highest BCUT2D eigenvalue weighted by atomic mass is 35.5. The van der Waals surface area contributed by atoms with Crippen LogP contribution in [0.2, 0.25) is 5.02 Å². The molecule has 1 rings (SSSR count). The summed E-state index contributed by atoms with van der Waals surface area (Å²) in [5.74, 6) is -0.811. The van der Waals surface area contributed by atoms with Gasteiger partial charge in [-0.2, -0.15) is 4.39 Å². The van der Waals surface area contributed by atoms with Gasteiger partial charge in [-0.05, 0) is 33.8 Å². The average molecular weight is 276 g/mol. The number of hydrogen-bond donors (Lipinski definition) is 2. The number of hydrogen-bond acceptors (Lipinski definition) is 4. The predicted octanol–water partition coefficient (Wildman–Crippen LogP) is 1.13. The SMILES string of the molecule is CC(C)(O)C(C)(C)OB(O)c1cnc(F)c(Cl)c1. The van der Waals surface area contributed by atoms with Crippen LogP contribution >= 0.6 is 11.6 Å². The van der Waals surface area contributed by atoms with Gasteiger partial charge in [0.25, 0.3) is 0 Å². The van der Waals surface area contributed by atoms with Gasteiger partial charge in [0, 0.05) is 11.7 Å². The molecule has 1 aromatic heterocycles. The fourth-order valence-electron chi connectivity index (χ4n) is 1.06. The standard InChI is InChI=1S/C11H16BClFNO3/c1-10(2,16)11(3,4)18-12(17)7-5-8(13)9(14)15-6-7/h5-6,16-17H,1-4H3. The van der Waals surface area contributed by atoms with Crippen LogP contribution in [0.4, 0.5) is 4.39 Å². The maximum Gasteiger partial charge on any atom is 0.493 e. The van der Waals surface area contributed by atoms with E-state index in [2.05, 4.69) is 4.98 Å². The monoisotopic (exact) mass is 275 g/mol. The number of halogens is 2. The molecule has 1 heterocycles. The van der Waals surface area contributed by atoms with Gasteiger partial charge in [-0.25, -0.2) is 4.98 Å². The van der Waals surface area contributed by atoms with Crippen LogP contribution in [-0.2, 0) is 4.65 Å². The Morgan fingerprint density at radius 3 is 2.39 bits per heavy atom. The summed E-state index contributed by atoms with van der Waals surface area (Å²) in [4.78, 5) is 3.39. The Morgan fingerprint density at radius 1 is 1.39 bits per heavy atom. The smallest absolute Gasteiger partial charge is 0.423 e. The molecule has 0 amide bonds. The van der Waals surface area contributed by atoms with Crippen molar-refractivity contribution >= 4 is 24.2 Å². The maximum absolute atomic E-state index is 12.9. The van der Waals surface area contributed by atoms with Crippen LogP contribution in [0.3, 0.4) is 0 Å². The van der Waals surface area contributed by atoms with E-state index in [0.717, 1.165) is 6.20 Å². The Kier molecular flexibility index (Phi) is 4.38. The molecule has 0 saturated heterocycles. The minimum Gasteiger partial charge on any atom is -0.423 e. The van der Waals surface area contributed by atoms with Gasteiger partial charge in [0.1, 0.15) is 0 Å². The first kappa shape index (κ1) is 15.4. The molecule has 4 nitrogen and oxygen atoms in total. The van der Waals surface area contributed by atoms with E-state index in [1.54, 1.807) is 27.7 Å². The molecule has 0 unspecified atom stereocenters. The van der Waals surface area contributed by atoms with E-state index >= 15 is 0 Å². The quantitative estimate of drug-likeness (QED) is 0.639. The van der Waals surface area contributed by atoms with Crippen LogP contribution in [0.25, 0.3) is 0 Å². The Balaban J connectivity index is 2.89. The van der Waals surface area contributed by atoms with Gasteiger partial charge in [-0.15, -0.1) is 0 Å². The van der Waals surface area contributed by atoms with Crippen molar-refractivity contribution in [3.8, 4) is 0 Å². The molecule has 0 aliphatic carbocycles. The van der Waals surface area contributed by atoms with Gasteiger partial charge in [0.15, 0.2) is 0 Å². The molecular weight excluding hydrogens is 259 g/mol. The molecule has 0 fully saturated rings. The Bertz CT molecular complexity index is 437. The fourth-order valence-corrected chi connectivity index (χ4v) is 1.24. The van der Waals surface area contributed by atoms with Gasteiger partial charge < -0.3 is 14.8 Å². The van der Waals surface area contributed by atoms with E-state index in [1.807, 2.05) is 0 Å². The van der Waals surface area contributed by atoms with Gasteiger partial charge >= 0.3 is 7.12 Å². The largest absolute Gasteiger partial charge is 0.493 e. The zero-order valence-electron chi connectivity index (χ0n) is 10.7. The summed E-state index contributed by atoms with van der Waals surface area (Å²) in [5.41, 5.74) is -1.95. The summed E-state index contributed by atoms with van der Waals surface area (Å²) in [5, 5.41) is 19.6. The summed E-state index contributed by atoms with van der Waals surface area (Å²) in [7, 11) is -1.35. The van der Waals surface area contributed by atoms with Gasteiger partial charge in [-0.1, -0.05) is 11.6 Å². The Labute approximate surface area is 111 Å². The van der Waals surface area contributed by atoms with Crippen molar-refractivity contribution in [2.45, 2.75) is 38.9 Å². The van der Waals surface area contributed by atoms with Gasteiger partial charge in [-0.3, -0.25) is 0 Å². The minimum atomic E-state index is -1.35. The molecule has 100 valence electrons. The molecule has 0 aliphatic rings. The van der Waals surface area contributed by atoms with Crippen LogP contribution in [0.15, 0.2) is 12.3 Å². The summed E-state index contributed by atoms with van der Waals surface area (Å²) in [6, 6.07) is 1.23. The molecule has 7 heteroatoms. The van der Waals surface area contributed by atoms with Crippen molar-refractivity contribution in [3.05, 3.63) is 23.2 Å². The van der Waals surface area contributed by atoms with E-state index in [4.69, 9.17) is 16.3 Å². The van der Waals surface area contributed by atoms with Crippen LogP contribution in [0.1, 0.15) is 27.7 Å². The zero-order valence-corrected chi connectivity index (χ0v) is 11.5. The lowest BCUT2D eigenvalue weighted by Gasteiger charge is -2.38. The molecular formula is C11H16BClFNO3. The number of aromatic nitrogens is 1. The lowest BCUT2D eigenvalue weighted by atomic mass is 9.77. The van der Waals surface area contributed by atoms with Crippen LogP contribution in [0.5, 0.6) is 0 Å². The minimum absolute atomic E-state index is 0.198. The summed E-state index contributed by atoms with van der Waals surface area (Å²) < 4.78 is 18.3. The third-order valence-electron chi connectivity index (χ3n) is 2.98. The molecule has 1 aromatic rings. The lowest BCUT2D eigenvalue weighted by molar-refractivity contribution is -0.0982. The number of nitrogens with zero attached hydrogens (tertiary/aromatic N) is 1. The molecule has 0 aliphatic heterocycles. The molecule has 18 heavy (non-hydrogen) atoms. The second kappa shape index (κ2) is 5.13. The molecule has 0 bridgehead atoms. The highest BCUT2D eigenvalue weighted by Crippen LogP contribution is 2.25. The Morgan fingerprint density at radius 2 is 1.94 bits per heavy atom. The van der Waals surface area contributed by atoms with Crippen molar-refractivity contribution in [1.82, 2.24) is 4.98 Å². The molecule has 0 aromatic carbocycles.